The van der Waals surface area contributed by atoms with E-state index >= 15 is 0 Å². The molecule has 0 saturated carbocycles. The number of piperidine rings is 1. The highest BCUT2D eigenvalue weighted by Crippen LogP contribution is 2.34. The first-order valence-corrected chi connectivity index (χ1v) is 9.87. The number of halogens is 1. The maximum absolute atomic E-state index is 14.8. The van der Waals surface area contributed by atoms with E-state index in [2.05, 4.69) is 20.3 Å². The monoisotopic (exact) mass is 394 g/mol. The van der Waals surface area contributed by atoms with Crippen LogP contribution in [0.2, 0.25) is 0 Å². The second-order valence-corrected chi connectivity index (χ2v) is 7.84. The second-order valence-electron chi connectivity index (χ2n) is 7.84. The fraction of sp³-hybridized carbons (Fsp3) is 0.381. The van der Waals surface area contributed by atoms with Crippen molar-refractivity contribution in [1.82, 2.24) is 24.8 Å². The molecule has 0 amide bonds. The van der Waals surface area contributed by atoms with Gasteiger partial charge in [-0.2, -0.15) is 0 Å². The van der Waals surface area contributed by atoms with Crippen LogP contribution >= 0.6 is 0 Å². The lowest BCUT2D eigenvalue weighted by atomic mass is 9.96. The van der Waals surface area contributed by atoms with Gasteiger partial charge in [0.25, 0.3) is 0 Å². The molecule has 2 bridgehead atoms. The van der Waals surface area contributed by atoms with Crippen molar-refractivity contribution in [1.29, 1.82) is 0 Å². The van der Waals surface area contributed by atoms with E-state index in [9.17, 15) is 9.50 Å². The van der Waals surface area contributed by atoms with Crippen LogP contribution in [-0.2, 0) is 0 Å². The van der Waals surface area contributed by atoms with Crippen LogP contribution in [0.1, 0.15) is 19.3 Å². The average Bonchev–Trinajstić information content (AvgIpc) is 3.41. The van der Waals surface area contributed by atoms with Gasteiger partial charge in [0.2, 0.25) is 0 Å². The van der Waals surface area contributed by atoms with Gasteiger partial charge in [0, 0.05) is 43.2 Å². The molecule has 4 heterocycles. The Kier molecular flexibility index (Phi) is 4.43. The second kappa shape index (κ2) is 7.11. The molecule has 0 aliphatic carbocycles. The van der Waals surface area contributed by atoms with Gasteiger partial charge in [-0.1, -0.05) is 0 Å². The van der Waals surface area contributed by atoms with E-state index in [4.69, 9.17) is 0 Å². The molecule has 0 unspecified atom stereocenters. The Balaban J connectivity index is 1.36. The largest absolute Gasteiger partial charge is 0.507 e. The zero-order chi connectivity index (χ0) is 20.0. The Morgan fingerprint density at radius 1 is 1.24 bits per heavy atom. The standard InChI is InChI=1S/C21H23FN6O/c1-27(18-8-13-2-5-16(26-13)21(18)22)20-11-24-17(10-25-20)15-4-3-14(9-19(15)29)28-7-6-23-12-28/h3-4,6-7,9-13,16,18,21,26,29H,2,5,8H2,1H3/t13-,16+,18-,21+/m0/s1. The Bertz CT molecular complexity index is 993. The molecular weight excluding hydrogens is 371 g/mol. The third-order valence-corrected chi connectivity index (χ3v) is 6.11. The number of hydrogen-bond donors (Lipinski definition) is 2. The fourth-order valence-electron chi connectivity index (χ4n) is 4.47. The summed E-state index contributed by atoms with van der Waals surface area (Å²) in [5.74, 6) is 0.752. The zero-order valence-electron chi connectivity index (χ0n) is 16.1. The van der Waals surface area contributed by atoms with Crippen LogP contribution in [0.5, 0.6) is 5.75 Å². The Morgan fingerprint density at radius 3 is 2.86 bits per heavy atom. The van der Waals surface area contributed by atoms with Crippen LogP contribution < -0.4 is 10.2 Å². The number of nitrogens with zero attached hydrogens (tertiary/aromatic N) is 5. The molecule has 0 spiro atoms. The summed E-state index contributed by atoms with van der Waals surface area (Å²) in [4.78, 5) is 14.9. The molecule has 2 aromatic heterocycles. The highest BCUT2D eigenvalue weighted by atomic mass is 19.1. The number of anilines is 1. The van der Waals surface area contributed by atoms with Gasteiger partial charge in [0.1, 0.15) is 17.7 Å². The Morgan fingerprint density at radius 2 is 2.14 bits per heavy atom. The minimum absolute atomic E-state index is 0.0561. The van der Waals surface area contributed by atoms with E-state index in [1.165, 1.54) is 0 Å². The number of rotatable bonds is 4. The first kappa shape index (κ1) is 18.1. The van der Waals surface area contributed by atoms with Crippen LogP contribution in [0.25, 0.3) is 16.9 Å². The Hall–Kier alpha value is -3.00. The number of phenolic OH excluding ortho intramolecular Hbond substituents is 1. The van der Waals surface area contributed by atoms with E-state index in [-0.39, 0.29) is 17.8 Å². The smallest absolute Gasteiger partial charge is 0.147 e. The predicted molar refractivity (Wildman–Crippen MR) is 108 cm³/mol. The van der Waals surface area contributed by atoms with Crippen molar-refractivity contribution in [2.75, 3.05) is 11.9 Å². The van der Waals surface area contributed by atoms with E-state index in [1.54, 1.807) is 37.1 Å². The molecule has 150 valence electrons. The number of nitrogens with one attached hydrogen (secondary N) is 1. The van der Waals surface area contributed by atoms with Gasteiger partial charge >= 0.3 is 0 Å². The number of hydrogen-bond acceptors (Lipinski definition) is 6. The normalized spacial score (nSPS) is 25.9. The van der Waals surface area contributed by atoms with Crippen molar-refractivity contribution in [3.63, 3.8) is 0 Å². The summed E-state index contributed by atoms with van der Waals surface area (Å²) in [5, 5.41) is 13.8. The molecule has 2 aliphatic heterocycles. The number of alkyl halides is 1. The molecule has 7 nitrogen and oxygen atoms in total. The van der Waals surface area contributed by atoms with Gasteiger partial charge in [-0.05, 0) is 31.4 Å². The maximum atomic E-state index is 14.8. The van der Waals surface area contributed by atoms with E-state index in [0.29, 0.717) is 23.1 Å². The molecule has 1 aromatic carbocycles. The topological polar surface area (TPSA) is 79.1 Å². The highest BCUT2D eigenvalue weighted by molar-refractivity contribution is 5.68. The predicted octanol–water partition coefficient (Wildman–Crippen LogP) is 2.70. The number of fused-ring (bicyclic) bond motifs is 2. The van der Waals surface area contributed by atoms with Crippen molar-refractivity contribution in [3.8, 4) is 22.7 Å². The molecular formula is C21H23FN6O. The number of imidazole rings is 1. The lowest BCUT2D eigenvalue weighted by Crippen LogP contribution is -2.55. The Labute approximate surface area is 168 Å². The number of benzene rings is 1. The molecule has 5 rings (SSSR count). The summed E-state index contributed by atoms with van der Waals surface area (Å²) < 4.78 is 16.6. The van der Waals surface area contributed by atoms with Crippen molar-refractivity contribution in [2.45, 2.75) is 43.6 Å². The first-order valence-electron chi connectivity index (χ1n) is 9.87. The summed E-state index contributed by atoms with van der Waals surface area (Å²) in [6.07, 6.45) is 10.2. The average molecular weight is 394 g/mol. The summed E-state index contributed by atoms with van der Waals surface area (Å²) in [6, 6.07) is 5.49. The lowest BCUT2D eigenvalue weighted by molar-refractivity contribution is 0.176. The van der Waals surface area contributed by atoms with Crippen LogP contribution in [0.4, 0.5) is 10.2 Å². The van der Waals surface area contributed by atoms with Crippen molar-refractivity contribution >= 4 is 5.82 Å². The van der Waals surface area contributed by atoms with Crippen molar-refractivity contribution < 1.29 is 9.50 Å². The van der Waals surface area contributed by atoms with Gasteiger partial charge in [-0.15, -0.1) is 0 Å². The summed E-state index contributed by atoms with van der Waals surface area (Å²) in [5.41, 5.74) is 1.97. The summed E-state index contributed by atoms with van der Waals surface area (Å²) in [6.45, 7) is 0. The maximum Gasteiger partial charge on any atom is 0.147 e. The lowest BCUT2D eigenvalue weighted by Gasteiger charge is -2.38. The molecule has 2 saturated heterocycles. The van der Waals surface area contributed by atoms with Crippen LogP contribution in [0.15, 0.2) is 49.3 Å². The quantitative estimate of drug-likeness (QED) is 0.708. The molecule has 3 aromatic rings. The van der Waals surface area contributed by atoms with Crippen molar-refractivity contribution in [3.05, 3.63) is 49.3 Å². The van der Waals surface area contributed by atoms with Gasteiger partial charge in [-0.3, -0.25) is 4.98 Å². The van der Waals surface area contributed by atoms with E-state index in [1.807, 2.05) is 28.8 Å². The summed E-state index contributed by atoms with van der Waals surface area (Å²) in [7, 11) is 1.88. The van der Waals surface area contributed by atoms with Gasteiger partial charge < -0.3 is 19.9 Å². The van der Waals surface area contributed by atoms with Gasteiger partial charge in [-0.25, -0.2) is 14.4 Å². The van der Waals surface area contributed by atoms with Crippen LogP contribution in [-0.4, -0.2) is 56.0 Å². The molecule has 4 atom stereocenters. The van der Waals surface area contributed by atoms with Gasteiger partial charge in [0.05, 0.1) is 36.1 Å². The minimum atomic E-state index is -0.917. The third kappa shape index (κ3) is 3.23. The molecule has 0 radical (unpaired) electrons. The molecule has 2 N–H and O–H groups in total. The fourth-order valence-corrected chi connectivity index (χ4v) is 4.47. The molecule has 2 fully saturated rings. The number of aromatic hydroxyl groups is 1. The SMILES string of the molecule is CN(c1cnc(-c2ccc(-n3ccnc3)cc2O)cn1)[C@H]1C[C@@H]2CC[C@@H](N2)[C@H]1F. The zero-order valence-corrected chi connectivity index (χ0v) is 16.1. The number of phenols is 1. The molecule has 8 heteroatoms. The first-order chi connectivity index (χ1) is 14.1. The third-order valence-electron chi connectivity index (χ3n) is 6.11. The number of aromatic nitrogens is 4. The van der Waals surface area contributed by atoms with Crippen molar-refractivity contribution in [2.24, 2.45) is 0 Å². The molecule has 29 heavy (non-hydrogen) atoms. The summed E-state index contributed by atoms with van der Waals surface area (Å²) >= 11 is 0. The molecule has 2 aliphatic rings. The minimum Gasteiger partial charge on any atom is -0.507 e. The van der Waals surface area contributed by atoms with Crippen LogP contribution in [0.3, 0.4) is 0 Å². The van der Waals surface area contributed by atoms with Crippen LogP contribution in [0, 0.1) is 0 Å². The van der Waals surface area contributed by atoms with Gasteiger partial charge in [0.15, 0.2) is 0 Å². The van der Waals surface area contributed by atoms with E-state index in [0.717, 1.165) is 24.9 Å². The van der Waals surface area contributed by atoms with E-state index < -0.39 is 6.17 Å². The highest BCUT2D eigenvalue weighted by Gasteiger charge is 2.43.